The number of benzene rings is 2. The van der Waals surface area contributed by atoms with Crippen molar-refractivity contribution in [1.29, 1.82) is 0 Å². The molecule has 0 aliphatic carbocycles. The Morgan fingerprint density at radius 2 is 1.88 bits per heavy atom. The zero-order valence-electron chi connectivity index (χ0n) is 18.5. The minimum absolute atomic E-state index is 0.0554. The molecule has 4 rings (SSSR count). The lowest BCUT2D eigenvalue weighted by Crippen LogP contribution is -2.43. The molecule has 2 aromatic carbocycles. The number of carbonyl (C=O) groups excluding carboxylic acids is 1. The normalized spacial score (nSPS) is 14.5. The summed E-state index contributed by atoms with van der Waals surface area (Å²) in [6.07, 6.45) is 1.98. The van der Waals surface area contributed by atoms with Crippen LogP contribution in [0.25, 0.3) is 10.2 Å². The summed E-state index contributed by atoms with van der Waals surface area (Å²) in [6.45, 7) is 4.46. The van der Waals surface area contributed by atoms with E-state index in [4.69, 9.17) is 19.2 Å². The van der Waals surface area contributed by atoms with Crippen LogP contribution in [0.5, 0.6) is 11.5 Å². The molecule has 0 unspecified atom stereocenters. The molecular weight excluding hydrogens is 446 g/mol. The smallest absolute Gasteiger partial charge is 0.261 e. The molecule has 0 spiro atoms. The maximum Gasteiger partial charge on any atom is 0.261 e. The first-order valence-corrected chi connectivity index (χ1v) is 12.5. The molecule has 0 radical (unpaired) electrons. The SMILES string of the molecule is COc1ccc(OC)c2sc(N(CCN3CCOCC3)C(=O)c3ccccc3SC)nc12. The first kappa shape index (κ1) is 22.8. The van der Waals surface area contributed by atoms with E-state index in [-0.39, 0.29) is 5.91 Å². The van der Waals surface area contributed by atoms with Crippen LogP contribution in [-0.2, 0) is 4.74 Å². The third-order valence-electron chi connectivity index (χ3n) is 5.46. The van der Waals surface area contributed by atoms with Gasteiger partial charge in [-0.2, -0.15) is 0 Å². The molecular formula is C23H27N3O4S2. The molecule has 1 aliphatic heterocycles. The van der Waals surface area contributed by atoms with E-state index >= 15 is 0 Å². The molecule has 1 saturated heterocycles. The largest absolute Gasteiger partial charge is 0.495 e. The lowest BCUT2D eigenvalue weighted by Gasteiger charge is -2.29. The van der Waals surface area contributed by atoms with Crippen LogP contribution in [0.4, 0.5) is 5.13 Å². The fraction of sp³-hybridized carbons (Fsp3) is 0.391. The predicted octanol–water partition coefficient (Wildman–Crippen LogP) is 4.01. The van der Waals surface area contributed by atoms with Gasteiger partial charge in [0.1, 0.15) is 21.7 Å². The van der Waals surface area contributed by atoms with E-state index in [2.05, 4.69) is 4.90 Å². The van der Waals surface area contributed by atoms with E-state index in [0.29, 0.717) is 28.5 Å². The van der Waals surface area contributed by atoms with Gasteiger partial charge >= 0.3 is 0 Å². The summed E-state index contributed by atoms with van der Waals surface area (Å²) in [6, 6.07) is 11.4. The van der Waals surface area contributed by atoms with Crippen LogP contribution in [-0.4, -0.2) is 75.7 Å². The second-order valence-electron chi connectivity index (χ2n) is 7.26. The van der Waals surface area contributed by atoms with Crippen molar-refractivity contribution < 1.29 is 19.0 Å². The van der Waals surface area contributed by atoms with E-state index in [1.807, 2.05) is 42.7 Å². The zero-order valence-corrected chi connectivity index (χ0v) is 20.1. The molecule has 0 saturated carbocycles. The highest BCUT2D eigenvalue weighted by Gasteiger charge is 2.26. The summed E-state index contributed by atoms with van der Waals surface area (Å²) in [5.74, 6) is 1.32. The first-order valence-electron chi connectivity index (χ1n) is 10.4. The van der Waals surface area contributed by atoms with Gasteiger partial charge in [-0.3, -0.25) is 14.6 Å². The number of carbonyl (C=O) groups is 1. The summed E-state index contributed by atoms with van der Waals surface area (Å²) >= 11 is 3.02. The Balaban J connectivity index is 1.73. The van der Waals surface area contributed by atoms with Crippen LogP contribution in [0.1, 0.15) is 10.4 Å². The summed E-state index contributed by atoms with van der Waals surface area (Å²) in [7, 11) is 3.26. The van der Waals surface area contributed by atoms with E-state index in [9.17, 15) is 4.79 Å². The minimum atomic E-state index is -0.0554. The number of amides is 1. The molecule has 3 aromatic rings. The predicted molar refractivity (Wildman–Crippen MR) is 130 cm³/mol. The Morgan fingerprint density at radius 3 is 2.59 bits per heavy atom. The van der Waals surface area contributed by atoms with Crippen molar-refractivity contribution in [3.63, 3.8) is 0 Å². The number of rotatable bonds is 8. The van der Waals surface area contributed by atoms with Gasteiger partial charge in [0, 0.05) is 31.1 Å². The van der Waals surface area contributed by atoms with Gasteiger partial charge in [0.15, 0.2) is 5.13 Å². The number of thiazole rings is 1. The first-order chi connectivity index (χ1) is 15.7. The molecule has 170 valence electrons. The number of hydrogen-bond donors (Lipinski definition) is 0. The highest BCUT2D eigenvalue weighted by Crippen LogP contribution is 2.40. The molecule has 7 nitrogen and oxygen atoms in total. The molecule has 1 fully saturated rings. The average Bonchev–Trinajstić information content (AvgIpc) is 3.29. The number of aromatic nitrogens is 1. The van der Waals surface area contributed by atoms with Gasteiger partial charge in [-0.15, -0.1) is 11.8 Å². The number of ether oxygens (including phenoxy) is 3. The summed E-state index contributed by atoms with van der Waals surface area (Å²) < 4.78 is 17.4. The molecule has 0 bridgehead atoms. The topological polar surface area (TPSA) is 64.1 Å². The van der Waals surface area contributed by atoms with Gasteiger partial charge in [0.2, 0.25) is 0 Å². The van der Waals surface area contributed by atoms with Crippen LogP contribution in [0, 0.1) is 0 Å². The maximum absolute atomic E-state index is 13.8. The van der Waals surface area contributed by atoms with Crippen molar-refractivity contribution in [2.24, 2.45) is 0 Å². The van der Waals surface area contributed by atoms with Gasteiger partial charge in [0.25, 0.3) is 5.91 Å². The number of morpholine rings is 1. The molecule has 1 aromatic heterocycles. The quantitative estimate of drug-likeness (QED) is 0.458. The van der Waals surface area contributed by atoms with Gasteiger partial charge in [-0.05, 0) is 30.5 Å². The number of anilines is 1. The summed E-state index contributed by atoms with van der Waals surface area (Å²) in [5, 5.41) is 0.636. The van der Waals surface area contributed by atoms with E-state index in [1.165, 1.54) is 11.3 Å². The van der Waals surface area contributed by atoms with Crippen molar-refractivity contribution in [2.75, 3.05) is 64.8 Å². The summed E-state index contributed by atoms with van der Waals surface area (Å²) in [4.78, 5) is 23.6. The molecule has 2 heterocycles. The number of thioether (sulfide) groups is 1. The Morgan fingerprint density at radius 1 is 1.16 bits per heavy atom. The molecule has 1 amide bonds. The summed E-state index contributed by atoms with van der Waals surface area (Å²) in [5.41, 5.74) is 1.38. The maximum atomic E-state index is 13.8. The molecule has 0 atom stereocenters. The van der Waals surface area contributed by atoms with Crippen molar-refractivity contribution in [3.05, 3.63) is 42.0 Å². The van der Waals surface area contributed by atoms with Gasteiger partial charge in [-0.25, -0.2) is 4.98 Å². The van der Waals surface area contributed by atoms with E-state index in [0.717, 1.165) is 48.2 Å². The Hall–Kier alpha value is -2.33. The van der Waals surface area contributed by atoms with E-state index < -0.39 is 0 Å². The van der Waals surface area contributed by atoms with Crippen LogP contribution in [0.3, 0.4) is 0 Å². The Labute approximate surface area is 196 Å². The van der Waals surface area contributed by atoms with Crippen molar-refractivity contribution in [2.45, 2.75) is 4.90 Å². The monoisotopic (exact) mass is 473 g/mol. The van der Waals surface area contributed by atoms with Crippen LogP contribution in [0.15, 0.2) is 41.3 Å². The van der Waals surface area contributed by atoms with Crippen LogP contribution in [0.2, 0.25) is 0 Å². The van der Waals surface area contributed by atoms with Crippen molar-refractivity contribution in [1.82, 2.24) is 9.88 Å². The number of hydrogen-bond acceptors (Lipinski definition) is 8. The second kappa shape index (κ2) is 10.5. The molecule has 9 heteroatoms. The Kier molecular flexibility index (Phi) is 7.51. The number of nitrogens with zero attached hydrogens (tertiary/aromatic N) is 3. The standard InChI is InChI=1S/C23H27N3O4S2/c1-28-17-8-9-18(29-2)21-20(17)24-23(32-21)26(11-10-25-12-14-30-15-13-25)22(27)16-6-4-5-7-19(16)31-3/h4-9H,10-15H2,1-3H3. The fourth-order valence-corrected chi connectivity index (χ4v) is 5.40. The minimum Gasteiger partial charge on any atom is -0.495 e. The van der Waals surface area contributed by atoms with E-state index in [1.54, 1.807) is 30.9 Å². The highest BCUT2D eigenvalue weighted by atomic mass is 32.2. The second-order valence-corrected chi connectivity index (χ2v) is 9.08. The third kappa shape index (κ3) is 4.71. The lowest BCUT2D eigenvalue weighted by atomic mass is 10.2. The van der Waals surface area contributed by atoms with Crippen LogP contribution >= 0.6 is 23.1 Å². The number of fused-ring (bicyclic) bond motifs is 1. The van der Waals surface area contributed by atoms with Crippen LogP contribution < -0.4 is 14.4 Å². The Bertz CT molecular complexity index is 1040. The number of methoxy groups -OCH3 is 2. The third-order valence-corrected chi connectivity index (χ3v) is 7.34. The highest BCUT2D eigenvalue weighted by molar-refractivity contribution is 7.98. The molecule has 1 aliphatic rings. The van der Waals surface area contributed by atoms with Gasteiger partial charge < -0.3 is 14.2 Å². The molecule has 0 N–H and O–H groups in total. The molecule has 32 heavy (non-hydrogen) atoms. The lowest BCUT2D eigenvalue weighted by molar-refractivity contribution is 0.0391. The van der Waals surface area contributed by atoms with Crippen molar-refractivity contribution >= 4 is 44.4 Å². The van der Waals surface area contributed by atoms with Gasteiger partial charge in [0.05, 0.1) is 33.0 Å². The fourth-order valence-electron chi connectivity index (χ4n) is 3.71. The van der Waals surface area contributed by atoms with Crippen molar-refractivity contribution in [3.8, 4) is 11.5 Å². The zero-order chi connectivity index (χ0) is 22.5. The average molecular weight is 474 g/mol. The van der Waals surface area contributed by atoms with Gasteiger partial charge in [-0.1, -0.05) is 23.5 Å².